The quantitative estimate of drug-likeness (QED) is 0.777. The van der Waals surface area contributed by atoms with Crippen LogP contribution < -0.4 is 0 Å². The second-order valence-corrected chi connectivity index (χ2v) is 6.70. The monoisotopic (exact) mass is 291 g/mol. The van der Waals surface area contributed by atoms with Gasteiger partial charge in [0.15, 0.2) is 0 Å². The molecule has 0 aromatic heterocycles. The maximum Gasteiger partial charge on any atom is 0.380 e. The summed E-state index contributed by atoms with van der Waals surface area (Å²) in [6, 6.07) is 21.5. The van der Waals surface area contributed by atoms with Gasteiger partial charge in [0.1, 0.15) is 5.60 Å². The normalized spacial score (nSPS) is 27.1. The number of nitrogens with zero attached hydrogens (tertiary/aromatic N) is 1. The summed E-state index contributed by atoms with van der Waals surface area (Å²) >= 11 is 0. The molecule has 0 N–H and O–H groups in total. The molecule has 2 nitrogen and oxygen atoms in total. The van der Waals surface area contributed by atoms with Gasteiger partial charge in [-0.3, -0.25) is 0 Å². The maximum atomic E-state index is 6.72. The lowest BCUT2D eigenvalue weighted by Crippen LogP contribution is -2.52. The highest BCUT2D eigenvalue weighted by Crippen LogP contribution is 2.55. The fourth-order valence-electron chi connectivity index (χ4n) is 4.66. The average molecular weight is 291 g/mol. The second kappa shape index (κ2) is 4.97. The second-order valence-electron chi connectivity index (χ2n) is 6.70. The summed E-state index contributed by atoms with van der Waals surface area (Å²) in [6.07, 6.45) is 2.41. The third-order valence-corrected chi connectivity index (χ3v) is 5.60. The zero-order chi connectivity index (χ0) is 15.2. The van der Waals surface area contributed by atoms with E-state index >= 15 is 0 Å². The van der Waals surface area contributed by atoms with Crippen molar-refractivity contribution in [1.82, 2.24) is 4.81 Å². The molecule has 2 aliphatic heterocycles. The van der Waals surface area contributed by atoms with E-state index in [4.69, 9.17) is 4.65 Å². The van der Waals surface area contributed by atoms with E-state index in [1.807, 2.05) is 0 Å². The molecule has 22 heavy (non-hydrogen) atoms. The Kier molecular flexibility index (Phi) is 3.17. The summed E-state index contributed by atoms with van der Waals surface area (Å²) in [6.45, 7) is 5.69. The van der Waals surface area contributed by atoms with Gasteiger partial charge >= 0.3 is 7.05 Å². The Labute approximate surface area is 133 Å². The van der Waals surface area contributed by atoms with Crippen molar-refractivity contribution in [2.75, 3.05) is 6.54 Å². The number of fused-ring (bicyclic) bond motifs is 1. The first-order valence-corrected chi connectivity index (χ1v) is 8.24. The van der Waals surface area contributed by atoms with Gasteiger partial charge in [0.2, 0.25) is 0 Å². The number of hydrogen-bond acceptors (Lipinski definition) is 2. The molecule has 2 fully saturated rings. The molecule has 4 rings (SSSR count). The molecular formula is C19H22BNO. The molecule has 0 spiro atoms. The smallest absolute Gasteiger partial charge is 0.380 e. The predicted molar refractivity (Wildman–Crippen MR) is 90.7 cm³/mol. The van der Waals surface area contributed by atoms with Gasteiger partial charge in [0, 0.05) is 5.54 Å². The average Bonchev–Trinajstić information content (AvgIpc) is 3.05. The molecule has 2 aromatic rings. The topological polar surface area (TPSA) is 12.5 Å². The molecule has 0 amide bonds. The highest BCUT2D eigenvalue weighted by atomic mass is 16.5. The molecule has 0 radical (unpaired) electrons. The molecule has 0 saturated carbocycles. The van der Waals surface area contributed by atoms with Gasteiger partial charge < -0.3 is 9.47 Å². The van der Waals surface area contributed by atoms with Gasteiger partial charge in [0.05, 0.1) is 0 Å². The molecule has 3 heteroatoms. The Morgan fingerprint density at radius 2 is 1.50 bits per heavy atom. The van der Waals surface area contributed by atoms with E-state index in [1.165, 1.54) is 24.0 Å². The standard InChI is InChI=1S/C19H22BNO/c1-18-14-9-15-21(18)20(2)22-19(18,16-10-5-3-6-11-16)17-12-7-4-8-13-17/h3-8,10-13H,9,14-15H2,1-2H3/t18-/m0/s1. The minimum absolute atomic E-state index is 0.00905. The SMILES string of the molecule is CB1OC(c2ccccc2)(c2ccccc2)[C@]2(C)CCCN12. The van der Waals surface area contributed by atoms with Gasteiger partial charge in [-0.15, -0.1) is 0 Å². The summed E-state index contributed by atoms with van der Waals surface area (Å²) in [5, 5.41) is 0. The first kappa shape index (κ1) is 14.0. The zero-order valence-electron chi connectivity index (χ0n) is 13.3. The Bertz CT molecular complexity index is 620. The van der Waals surface area contributed by atoms with Crippen molar-refractivity contribution in [3.63, 3.8) is 0 Å². The van der Waals surface area contributed by atoms with Crippen molar-refractivity contribution in [2.45, 2.75) is 37.7 Å². The molecule has 2 aromatic carbocycles. The minimum Gasteiger partial charge on any atom is -0.406 e. The van der Waals surface area contributed by atoms with Gasteiger partial charge in [-0.2, -0.15) is 0 Å². The van der Waals surface area contributed by atoms with Crippen LogP contribution in [0.1, 0.15) is 30.9 Å². The van der Waals surface area contributed by atoms with Crippen molar-refractivity contribution in [2.24, 2.45) is 0 Å². The van der Waals surface area contributed by atoms with Crippen LogP contribution in [0, 0.1) is 0 Å². The number of benzene rings is 2. The third kappa shape index (κ3) is 1.70. The lowest BCUT2D eigenvalue weighted by Gasteiger charge is -2.44. The van der Waals surface area contributed by atoms with Crippen LogP contribution in [0.5, 0.6) is 0 Å². The van der Waals surface area contributed by atoms with Gasteiger partial charge in [0.25, 0.3) is 0 Å². The molecule has 0 aliphatic carbocycles. The van der Waals surface area contributed by atoms with Gasteiger partial charge in [-0.25, -0.2) is 0 Å². The van der Waals surface area contributed by atoms with Crippen LogP contribution in [0.2, 0.25) is 6.82 Å². The fourth-order valence-corrected chi connectivity index (χ4v) is 4.66. The van der Waals surface area contributed by atoms with Crippen LogP contribution in [0.3, 0.4) is 0 Å². The van der Waals surface area contributed by atoms with Crippen LogP contribution in [-0.4, -0.2) is 23.9 Å². The highest BCUT2D eigenvalue weighted by Gasteiger charge is 2.64. The Morgan fingerprint density at radius 1 is 0.955 bits per heavy atom. The van der Waals surface area contributed by atoms with Crippen LogP contribution in [-0.2, 0) is 10.3 Å². The first-order chi connectivity index (χ1) is 10.7. The van der Waals surface area contributed by atoms with Crippen LogP contribution in [0.15, 0.2) is 60.7 Å². The van der Waals surface area contributed by atoms with E-state index in [2.05, 4.69) is 79.2 Å². The number of hydrogen-bond donors (Lipinski definition) is 0. The van der Waals surface area contributed by atoms with Crippen molar-refractivity contribution < 1.29 is 4.65 Å². The van der Waals surface area contributed by atoms with Crippen LogP contribution in [0.4, 0.5) is 0 Å². The predicted octanol–water partition coefficient (Wildman–Crippen LogP) is 3.93. The third-order valence-electron chi connectivity index (χ3n) is 5.60. The molecule has 2 aliphatic rings. The molecule has 1 atom stereocenters. The van der Waals surface area contributed by atoms with E-state index in [9.17, 15) is 0 Å². The van der Waals surface area contributed by atoms with Crippen molar-refractivity contribution in [3.8, 4) is 0 Å². The highest BCUT2D eigenvalue weighted by molar-refractivity contribution is 6.48. The van der Waals surface area contributed by atoms with E-state index in [1.54, 1.807) is 0 Å². The van der Waals surface area contributed by atoms with Crippen molar-refractivity contribution >= 4 is 7.05 Å². The molecule has 0 unspecified atom stereocenters. The Hall–Kier alpha value is -1.58. The Balaban J connectivity index is 1.98. The maximum absolute atomic E-state index is 6.72. The molecule has 0 bridgehead atoms. The lowest BCUT2D eigenvalue weighted by molar-refractivity contribution is 0.0465. The fraction of sp³-hybridized carbons (Fsp3) is 0.368. The summed E-state index contributed by atoms with van der Waals surface area (Å²) < 4.78 is 6.72. The molecular weight excluding hydrogens is 269 g/mol. The molecule has 112 valence electrons. The lowest BCUT2D eigenvalue weighted by atomic mass is 9.70. The van der Waals surface area contributed by atoms with E-state index < -0.39 is 0 Å². The summed E-state index contributed by atoms with van der Waals surface area (Å²) in [7, 11) is 0.146. The molecule has 2 saturated heterocycles. The van der Waals surface area contributed by atoms with Crippen molar-refractivity contribution in [3.05, 3.63) is 71.8 Å². The van der Waals surface area contributed by atoms with Crippen LogP contribution >= 0.6 is 0 Å². The summed E-state index contributed by atoms with van der Waals surface area (Å²) in [4.78, 5) is 2.55. The van der Waals surface area contributed by atoms with Gasteiger partial charge in [-0.1, -0.05) is 60.7 Å². The van der Waals surface area contributed by atoms with E-state index in [0.29, 0.717) is 0 Å². The number of rotatable bonds is 2. The van der Waals surface area contributed by atoms with E-state index in [-0.39, 0.29) is 18.2 Å². The van der Waals surface area contributed by atoms with Gasteiger partial charge in [-0.05, 0) is 44.3 Å². The summed E-state index contributed by atoms with van der Waals surface area (Å²) in [5.74, 6) is 0. The first-order valence-electron chi connectivity index (χ1n) is 8.24. The summed E-state index contributed by atoms with van der Waals surface area (Å²) in [5.41, 5.74) is 2.15. The molecule has 2 heterocycles. The van der Waals surface area contributed by atoms with Crippen molar-refractivity contribution in [1.29, 1.82) is 0 Å². The van der Waals surface area contributed by atoms with Crippen LogP contribution in [0.25, 0.3) is 0 Å². The largest absolute Gasteiger partial charge is 0.406 e. The minimum atomic E-state index is -0.383. The zero-order valence-corrected chi connectivity index (χ0v) is 13.3. The Morgan fingerprint density at radius 3 is 2.05 bits per heavy atom. The van der Waals surface area contributed by atoms with E-state index in [0.717, 1.165) is 6.54 Å².